The minimum Gasteiger partial charge on any atom is -0.369 e. The molecule has 1 aromatic carbocycles. The van der Waals surface area contributed by atoms with Gasteiger partial charge in [0.2, 0.25) is 0 Å². The Bertz CT molecular complexity index is 638. The normalized spacial score (nSPS) is 15.6. The van der Waals surface area contributed by atoms with Gasteiger partial charge >= 0.3 is 0 Å². The molecule has 1 fully saturated rings. The summed E-state index contributed by atoms with van der Waals surface area (Å²) in [5.41, 5.74) is 1.29. The van der Waals surface area contributed by atoms with E-state index in [2.05, 4.69) is 39.4 Å². The molecule has 1 aliphatic heterocycles. The molecule has 0 spiro atoms. The van der Waals surface area contributed by atoms with Crippen LogP contribution in [0.25, 0.3) is 0 Å². The van der Waals surface area contributed by atoms with E-state index in [1.807, 2.05) is 6.07 Å². The number of nitrogens with one attached hydrogen (secondary N) is 1. The summed E-state index contributed by atoms with van der Waals surface area (Å²) >= 11 is 7.16. The smallest absolute Gasteiger partial charge is 0.261 e. The van der Waals surface area contributed by atoms with Gasteiger partial charge in [-0.1, -0.05) is 29.8 Å². The molecule has 2 aromatic rings. The van der Waals surface area contributed by atoms with Gasteiger partial charge in [-0.2, -0.15) is 0 Å². The predicted molar refractivity (Wildman–Crippen MR) is 96.8 cm³/mol. The van der Waals surface area contributed by atoms with E-state index in [0.717, 1.165) is 32.7 Å². The number of thiophene rings is 1. The van der Waals surface area contributed by atoms with Crippen LogP contribution >= 0.6 is 22.9 Å². The fraction of sp³-hybridized carbons (Fsp3) is 0.353. The molecule has 1 aromatic heterocycles. The summed E-state index contributed by atoms with van der Waals surface area (Å²) in [4.78, 5) is 17.4. The highest BCUT2D eigenvalue weighted by atomic mass is 35.5. The molecule has 0 radical (unpaired) electrons. The van der Waals surface area contributed by atoms with Gasteiger partial charge in [-0.25, -0.2) is 0 Å². The maximum atomic E-state index is 12.0. The summed E-state index contributed by atoms with van der Waals surface area (Å²) in [5.74, 6) is -0.0372. The van der Waals surface area contributed by atoms with Crippen molar-refractivity contribution in [1.29, 1.82) is 0 Å². The minimum atomic E-state index is -0.0372. The van der Waals surface area contributed by atoms with Gasteiger partial charge in [0.05, 0.1) is 9.21 Å². The molecule has 0 unspecified atom stereocenters. The summed E-state index contributed by atoms with van der Waals surface area (Å²) in [6, 6.07) is 14.0. The maximum Gasteiger partial charge on any atom is 0.261 e. The first kappa shape index (κ1) is 16.3. The zero-order valence-corrected chi connectivity index (χ0v) is 14.4. The number of hydrogen-bond acceptors (Lipinski definition) is 4. The lowest BCUT2D eigenvalue weighted by Gasteiger charge is -2.36. The average molecular weight is 350 g/mol. The maximum absolute atomic E-state index is 12.0. The Morgan fingerprint density at radius 1 is 1.09 bits per heavy atom. The van der Waals surface area contributed by atoms with Gasteiger partial charge in [-0.3, -0.25) is 9.69 Å². The zero-order chi connectivity index (χ0) is 16.1. The van der Waals surface area contributed by atoms with Crippen LogP contribution in [0.2, 0.25) is 4.34 Å². The molecular weight excluding hydrogens is 330 g/mol. The van der Waals surface area contributed by atoms with Crippen molar-refractivity contribution in [3.05, 3.63) is 51.7 Å². The van der Waals surface area contributed by atoms with Gasteiger partial charge in [0.15, 0.2) is 0 Å². The van der Waals surface area contributed by atoms with Gasteiger partial charge in [0.25, 0.3) is 5.91 Å². The molecule has 1 saturated heterocycles. The van der Waals surface area contributed by atoms with Crippen molar-refractivity contribution in [2.45, 2.75) is 0 Å². The Labute approximate surface area is 145 Å². The summed E-state index contributed by atoms with van der Waals surface area (Å²) in [5, 5.41) is 2.96. The van der Waals surface area contributed by atoms with Crippen molar-refractivity contribution < 1.29 is 4.79 Å². The van der Waals surface area contributed by atoms with E-state index in [1.165, 1.54) is 17.0 Å². The number of rotatable bonds is 5. The van der Waals surface area contributed by atoms with Crippen LogP contribution in [0.3, 0.4) is 0 Å². The van der Waals surface area contributed by atoms with E-state index in [1.54, 1.807) is 12.1 Å². The first-order valence-electron chi connectivity index (χ1n) is 7.78. The Kier molecular flexibility index (Phi) is 5.54. The van der Waals surface area contributed by atoms with E-state index >= 15 is 0 Å². The average Bonchev–Trinajstić information content (AvgIpc) is 3.03. The standard InChI is InChI=1S/C17H20ClN3OS/c18-16-7-6-15(23-16)17(22)19-8-9-20-10-12-21(13-11-20)14-4-2-1-3-5-14/h1-7H,8-13H2,(H,19,22). The number of piperazine rings is 1. The molecule has 0 atom stereocenters. The van der Waals surface area contributed by atoms with Crippen molar-refractivity contribution >= 4 is 34.5 Å². The highest BCUT2D eigenvalue weighted by molar-refractivity contribution is 7.17. The number of para-hydroxylation sites is 1. The molecule has 3 rings (SSSR count). The summed E-state index contributed by atoms with van der Waals surface area (Å²) in [6.07, 6.45) is 0. The zero-order valence-electron chi connectivity index (χ0n) is 12.9. The Morgan fingerprint density at radius 3 is 2.48 bits per heavy atom. The molecular formula is C17H20ClN3OS. The quantitative estimate of drug-likeness (QED) is 0.901. The predicted octanol–water partition coefficient (Wildman–Crippen LogP) is 2.95. The van der Waals surface area contributed by atoms with E-state index in [0.29, 0.717) is 15.8 Å². The third-order valence-corrected chi connectivity index (χ3v) is 5.23. The molecule has 1 amide bonds. The largest absolute Gasteiger partial charge is 0.369 e. The van der Waals surface area contributed by atoms with Crippen molar-refractivity contribution in [2.24, 2.45) is 0 Å². The summed E-state index contributed by atoms with van der Waals surface area (Å²) in [7, 11) is 0. The topological polar surface area (TPSA) is 35.6 Å². The highest BCUT2D eigenvalue weighted by Crippen LogP contribution is 2.21. The van der Waals surface area contributed by atoms with Gasteiger partial charge in [-0.15, -0.1) is 11.3 Å². The number of hydrogen-bond donors (Lipinski definition) is 1. The lowest BCUT2D eigenvalue weighted by atomic mass is 10.2. The van der Waals surface area contributed by atoms with E-state index in [4.69, 9.17) is 11.6 Å². The van der Waals surface area contributed by atoms with Crippen molar-refractivity contribution in [3.63, 3.8) is 0 Å². The van der Waals surface area contributed by atoms with Crippen LogP contribution in [0.1, 0.15) is 9.67 Å². The first-order valence-corrected chi connectivity index (χ1v) is 8.98. The highest BCUT2D eigenvalue weighted by Gasteiger charge is 2.17. The molecule has 2 heterocycles. The van der Waals surface area contributed by atoms with Crippen LogP contribution in [0.5, 0.6) is 0 Å². The lowest BCUT2D eigenvalue weighted by molar-refractivity contribution is 0.0952. The van der Waals surface area contributed by atoms with Crippen molar-refractivity contribution in [2.75, 3.05) is 44.2 Å². The van der Waals surface area contributed by atoms with Crippen molar-refractivity contribution in [3.8, 4) is 0 Å². The molecule has 23 heavy (non-hydrogen) atoms. The van der Waals surface area contributed by atoms with Crippen LogP contribution < -0.4 is 10.2 Å². The van der Waals surface area contributed by atoms with Crippen LogP contribution in [0, 0.1) is 0 Å². The van der Waals surface area contributed by atoms with E-state index in [9.17, 15) is 4.79 Å². The molecule has 1 N–H and O–H groups in total. The molecule has 0 bridgehead atoms. The number of benzene rings is 1. The molecule has 0 aliphatic carbocycles. The second-order valence-corrected chi connectivity index (χ2v) is 7.24. The summed E-state index contributed by atoms with van der Waals surface area (Å²) in [6.45, 7) is 5.65. The Morgan fingerprint density at radius 2 is 1.83 bits per heavy atom. The summed E-state index contributed by atoms with van der Waals surface area (Å²) < 4.78 is 0.646. The number of carbonyl (C=O) groups excluding carboxylic acids is 1. The Balaban J connectivity index is 1.39. The number of anilines is 1. The third-order valence-electron chi connectivity index (χ3n) is 4.00. The number of halogens is 1. The monoisotopic (exact) mass is 349 g/mol. The number of carbonyl (C=O) groups is 1. The van der Waals surface area contributed by atoms with Gasteiger partial charge < -0.3 is 10.2 Å². The van der Waals surface area contributed by atoms with Gasteiger partial charge in [-0.05, 0) is 24.3 Å². The second kappa shape index (κ2) is 7.81. The van der Waals surface area contributed by atoms with E-state index in [-0.39, 0.29) is 5.91 Å². The number of amides is 1. The minimum absolute atomic E-state index is 0.0372. The van der Waals surface area contributed by atoms with Crippen LogP contribution in [0.15, 0.2) is 42.5 Å². The molecule has 4 nitrogen and oxygen atoms in total. The number of nitrogens with zero attached hydrogens (tertiary/aromatic N) is 2. The first-order chi connectivity index (χ1) is 11.2. The fourth-order valence-electron chi connectivity index (χ4n) is 2.72. The molecule has 0 saturated carbocycles. The third kappa shape index (κ3) is 4.47. The molecule has 6 heteroatoms. The Hall–Kier alpha value is -1.56. The second-order valence-electron chi connectivity index (χ2n) is 5.52. The van der Waals surface area contributed by atoms with Crippen LogP contribution in [-0.2, 0) is 0 Å². The van der Waals surface area contributed by atoms with Gasteiger partial charge in [0.1, 0.15) is 0 Å². The van der Waals surface area contributed by atoms with E-state index < -0.39 is 0 Å². The van der Waals surface area contributed by atoms with Crippen molar-refractivity contribution in [1.82, 2.24) is 10.2 Å². The van der Waals surface area contributed by atoms with Crippen LogP contribution in [0.4, 0.5) is 5.69 Å². The fourth-order valence-corrected chi connectivity index (χ4v) is 3.68. The molecule has 1 aliphatic rings. The SMILES string of the molecule is O=C(NCCN1CCN(c2ccccc2)CC1)c1ccc(Cl)s1. The van der Waals surface area contributed by atoms with Gasteiger partial charge in [0, 0.05) is 45.0 Å². The molecule has 122 valence electrons. The van der Waals surface area contributed by atoms with Crippen LogP contribution in [-0.4, -0.2) is 50.1 Å². The lowest BCUT2D eigenvalue weighted by Crippen LogP contribution is -2.48.